The third kappa shape index (κ3) is 7.75. The van der Waals surface area contributed by atoms with Crippen molar-refractivity contribution in [2.75, 3.05) is 19.6 Å². The molecule has 1 aliphatic carbocycles. The maximum Gasteiger partial charge on any atom is 0.297 e. The Morgan fingerprint density at radius 1 is 0.467 bits per heavy atom. The molecule has 0 radical (unpaired) electrons. The Hall–Kier alpha value is -8.22. The molecule has 0 saturated carbocycles. The second-order valence-corrected chi connectivity index (χ2v) is 23.4. The molecule has 0 spiro atoms. The molecule has 6 heteroatoms. The van der Waals surface area contributed by atoms with Gasteiger partial charge in [0.05, 0.1) is 11.3 Å². The Balaban J connectivity index is 1.05. The number of furan rings is 1. The first-order chi connectivity index (χ1) is 36.2. The van der Waals surface area contributed by atoms with Gasteiger partial charge in [0.1, 0.15) is 5.58 Å². The summed E-state index contributed by atoms with van der Waals surface area (Å²) in [7, 11) is 0. The first-order valence-electron chi connectivity index (χ1n) is 26.7. The minimum absolute atomic E-state index is 0.0126. The number of aryl methyl sites for hydroxylation is 1. The van der Waals surface area contributed by atoms with E-state index in [4.69, 9.17) is 4.42 Å². The van der Waals surface area contributed by atoms with Gasteiger partial charge in [0.15, 0.2) is 0 Å². The Labute approximate surface area is 443 Å². The summed E-state index contributed by atoms with van der Waals surface area (Å²) in [5, 5.41) is 1.16. The topological polar surface area (TPSA) is 26.1 Å². The van der Waals surface area contributed by atoms with Crippen molar-refractivity contribution >= 4 is 103 Å². The highest BCUT2D eigenvalue weighted by Crippen LogP contribution is 2.52. The molecule has 0 atom stereocenters. The van der Waals surface area contributed by atoms with Gasteiger partial charge in [0.2, 0.25) is 0 Å². The molecule has 0 fully saturated rings. The first kappa shape index (κ1) is 46.6. The molecule has 0 N–H and O–H groups in total. The summed E-state index contributed by atoms with van der Waals surface area (Å²) in [4.78, 5) is 9.72. The molecule has 5 nitrogen and oxygen atoms in total. The molecule has 368 valence electrons. The van der Waals surface area contributed by atoms with Gasteiger partial charge in [0.25, 0.3) is 6.71 Å². The van der Waals surface area contributed by atoms with Gasteiger partial charge in [-0.05, 0) is 197 Å². The molecule has 10 aromatic rings. The Kier molecular flexibility index (Phi) is 10.8. The van der Waals surface area contributed by atoms with E-state index in [1.165, 1.54) is 44.6 Å². The largest absolute Gasteiger partial charge is 0.468 e. The van der Waals surface area contributed by atoms with Crippen LogP contribution in [0.15, 0.2) is 217 Å². The van der Waals surface area contributed by atoms with Crippen molar-refractivity contribution in [2.24, 2.45) is 0 Å². The summed E-state index contributed by atoms with van der Waals surface area (Å²) >= 11 is 0. The molecule has 75 heavy (non-hydrogen) atoms. The smallest absolute Gasteiger partial charge is 0.297 e. The quantitative estimate of drug-likeness (QED) is 0.141. The lowest BCUT2D eigenvalue weighted by Crippen LogP contribution is -2.61. The molecule has 1 aromatic heterocycles. The van der Waals surface area contributed by atoms with E-state index in [1.807, 2.05) is 0 Å². The molecule has 9 aromatic carbocycles. The van der Waals surface area contributed by atoms with Gasteiger partial charge in [-0.3, -0.25) is 0 Å². The minimum atomic E-state index is -0.169. The van der Waals surface area contributed by atoms with E-state index in [2.05, 4.69) is 287 Å². The van der Waals surface area contributed by atoms with Gasteiger partial charge in [-0.25, -0.2) is 0 Å². The van der Waals surface area contributed by atoms with Crippen LogP contribution in [-0.2, 0) is 16.2 Å². The zero-order valence-corrected chi connectivity index (χ0v) is 44.4. The van der Waals surface area contributed by atoms with Crippen LogP contribution in [0.2, 0.25) is 0 Å². The van der Waals surface area contributed by atoms with Crippen LogP contribution in [-0.4, -0.2) is 6.71 Å². The number of anilines is 12. The van der Waals surface area contributed by atoms with Crippen molar-refractivity contribution in [3.8, 4) is 0 Å². The SMILES string of the molecule is Cc1cc2c3c(c1)N(c1ccc(N(c4ccccc4)c4ccccc4)cc1)c1c(oc4cc5c(cc14)C(C)(C)CCC5(C)C)B3c1cc(C(C)(C)C)ccc1N2c1ccc(N(c2ccccc2)c2ccccc2)cc1. The van der Waals surface area contributed by atoms with Crippen LogP contribution < -0.4 is 36.2 Å². The number of benzene rings is 9. The van der Waals surface area contributed by atoms with Gasteiger partial charge in [-0.15, -0.1) is 0 Å². The average Bonchev–Trinajstić information content (AvgIpc) is 4.04. The minimum Gasteiger partial charge on any atom is -0.468 e. The molecule has 3 aliphatic rings. The van der Waals surface area contributed by atoms with Gasteiger partial charge < -0.3 is 24.0 Å². The zero-order valence-electron chi connectivity index (χ0n) is 44.4. The Morgan fingerprint density at radius 3 is 1.36 bits per heavy atom. The van der Waals surface area contributed by atoms with Crippen molar-refractivity contribution < 1.29 is 4.42 Å². The Morgan fingerprint density at radius 2 is 0.893 bits per heavy atom. The summed E-state index contributed by atoms with van der Waals surface area (Å²) in [6, 6.07) is 78.0. The van der Waals surface area contributed by atoms with Crippen molar-refractivity contribution in [2.45, 2.75) is 84.5 Å². The Bertz CT molecular complexity index is 3690. The average molecular weight is 975 g/mol. The van der Waals surface area contributed by atoms with Crippen LogP contribution >= 0.6 is 0 Å². The lowest BCUT2D eigenvalue weighted by Gasteiger charge is -2.43. The van der Waals surface area contributed by atoms with Crippen molar-refractivity contribution in [1.82, 2.24) is 0 Å². The molecule has 0 bridgehead atoms. The van der Waals surface area contributed by atoms with Gasteiger partial charge in [0, 0.05) is 67.9 Å². The second kappa shape index (κ2) is 17.5. The molecule has 13 rings (SSSR count). The number of fused-ring (bicyclic) bond motifs is 7. The number of nitrogens with zero attached hydrogens (tertiary/aromatic N) is 4. The van der Waals surface area contributed by atoms with E-state index in [0.29, 0.717) is 0 Å². The fraction of sp³-hybridized carbons (Fsp3) is 0.188. The van der Waals surface area contributed by atoms with Gasteiger partial charge in [-0.2, -0.15) is 0 Å². The van der Waals surface area contributed by atoms with E-state index < -0.39 is 0 Å². The standard InChI is InChI=1S/C69H63BN4O/c1-46-41-61-64-62(42-46)74(55-36-32-53(33-37-55)72(50-25-17-11-18-26-50)51-27-19-12-20-28-51)65-56-44-57-58(69(7,8)40-39-68(57,5)6)45-63(56)75-66(65)70(64)59-43-47(67(2,3)4)29-38-60(59)73(61)54-34-30-52(31-35-54)71(48-21-13-9-14-22-48)49-23-15-10-16-24-49/h9-38,41-45H,39-40H2,1-8H3. The first-order valence-corrected chi connectivity index (χ1v) is 26.7. The lowest BCUT2D eigenvalue weighted by atomic mass is 9.35. The summed E-state index contributed by atoms with van der Waals surface area (Å²) in [6.07, 6.45) is 2.26. The summed E-state index contributed by atoms with van der Waals surface area (Å²) < 4.78 is 7.60. The van der Waals surface area contributed by atoms with E-state index in [9.17, 15) is 0 Å². The highest BCUT2D eigenvalue weighted by molar-refractivity contribution is 7.00. The molecule has 3 heterocycles. The van der Waals surface area contributed by atoms with E-state index >= 15 is 0 Å². The van der Waals surface area contributed by atoms with Crippen molar-refractivity contribution in [1.29, 1.82) is 0 Å². The van der Waals surface area contributed by atoms with Crippen molar-refractivity contribution in [3.63, 3.8) is 0 Å². The van der Waals surface area contributed by atoms with Crippen LogP contribution in [0.4, 0.5) is 68.2 Å². The fourth-order valence-electron chi connectivity index (χ4n) is 12.4. The molecule has 0 unspecified atom stereocenters. The normalized spacial score (nSPS) is 15.0. The third-order valence-corrected chi connectivity index (χ3v) is 16.4. The zero-order chi connectivity index (χ0) is 51.4. The summed E-state index contributed by atoms with van der Waals surface area (Å²) in [6.45, 7) is 18.7. The highest BCUT2D eigenvalue weighted by Gasteiger charge is 2.48. The molecule has 0 saturated heterocycles. The van der Waals surface area contributed by atoms with Crippen LogP contribution in [0.3, 0.4) is 0 Å². The molecule has 2 aliphatic heterocycles. The molecule has 0 amide bonds. The molecular weight excluding hydrogens is 912 g/mol. The van der Waals surface area contributed by atoms with Crippen LogP contribution in [0.5, 0.6) is 0 Å². The van der Waals surface area contributed by atoms with E-state index in [0.717, 1.165) is 86.3 Å². The van der Waals surface area contributed by atoms with Crippen LogP contribution in [0, 0.1) is 6.92 Å². The number of hydrogen-bond donors (Lipinski definition) is 0. The summed E-state index contributed by atoms with van der Waals surface area (Å²) in [5.74, 6) is 0. The second-order valence-electron chi connectivity index (χ2n) is 23.4. The molecular formula is C69H63BN4O. The predicted octanol–water partition coefficient (Wildman–Crippen LogP) is 17.4. The highest BCUT2D eigenvalue weighted by atomic mass is 16.3. The van der Waals surface area contributed by atoms with Crippen molar-refractivity contribution in [3.05, 3.63) is 235 Å². The lowest BCUT2D eigenvalue weighted by molar-refractivity contribution is 0.332. The monoisotopic (exact) mass is 975 g/mol. The third-order valence-electron chi connectivity index (χ3n) is 16.4. The fourth-order valence-corrected chi connectivity index (χ4v) is 12.4. The summed E-state index contributed by atoms with van der Waals surface area (Å²) in [5.41, 5.74) is 23.1. The van der Waals surface area contributed by atoms with Gasteiger partial charge in [-0.1, -0.05) is 133 Å². The number of para-hydroxylation sites is 4. The van der Waals surface area contributed by atoms with Gasteiger partial charge >= 0.3 is 0 Å². The van der Waals surface area contributed by atoms with E-state index in [-0.39, 0.29) is 23.0 Å². The predicted molar refractivity (Wildman–Crippen MR) is 318 cm³/mol. The van der Waals surface area contributed by atoms with Crippen LogP contribution in [0.25, 0.3) is 11.0 Å². The number of rotatable bonds is 8. The van der Waals surface area contributed by atoms with Crippen LogP contribution in [0.1, 0.15) is 83.6 Å². The van der Waals surface area contributed by atoms with E-state index in [1.54, 1.807) is 0 Å². The maximum absolute atomic E-state index is 7.60. The number of hydrogen-bond acceptors (Lipinski definition) is 5. The maximum atomic E-state index is 7.60.